The normalized spacial score (nSPS) is 22.9. The predicted molar refractivity (Wildman–Crippen MR) is 86.9 cm³/mol. The maximum atomic E-state index is 13.1. The Kier molecular flexibility index (Phi) is 5.93. The summed E-state index contributed by atoms with van der Waals surface area (Å²) in [6.07, 6.45) is -1.54. The van der Waals surface area contributed by atoms with Crippen LogP contribution in [0.3, 0.4) is 0 Å². The molecule has 1 fully saturated rings. The van der Waals surface area contributed by atoms with Gasteiger partial charge in [-0.05, 0) is 24.0 Å². The Bertz CT molecular complexity index is 662. The summed E-state index contributed by atoms with van der Waals surface area (Å²) < 4.78 is 65.0. The van der Waals surface area contributed by atoms with Gasteiger partial charge in [-0.15, -0.1) is 0 Å². The Morgan fingerprint density at radius 2 is 1.92 bits per heavy atom. The lowest BCUT2D eigenvalue weighted by molar-refractivity contribution is -0.138. The number of hydrogen-bond donors (Lipinski definition) is 1. The largest absolute Gasteiger partial charge is 0.416 e. The highest BCUT2D eigenvalue weighted by molar-refractivity contribution is 7.88. The fraction of sp³-hybridized carbons (Fsp3) is 0.625. The molecule has 0 radical (unpaired) electrons. The summed E-state index contributed by atoms with van der Waals surface area (Å²) in [6, 6.07) is 5.29. The molecule has 4 nitrogen and oxygen atoms in total. The summed E-state index contributed by atoms with van der Waals surface area (Å²) in [5, 5.41) is 0. The van der Waals surface area contributed by atoms with E-state index >= 15 is 0 Å². The molecule has 1 saturated heterocycles. The van der Waals surface area contributed by atoms with E-state index in [2.05, 4.69) is 4.72 Å². The molecule has 0 unspecified atom stereocenters. The molecule has 1 aliphatic heterocycles. The van der Waals surface area contributed by atoms with Crippen LogP contribution in [0.1, 0.15) is 30.9 Å². The molecule has 1 N–H and O–H groups in total. The van der Waals surface area contributed by atoms with Crippen LogP contribution < -0.4 is 4.72 Å². The van der Waals surface area contributed by atoms with E-state index in [0.29, 0.717) is 13.1 Å². The number of rotatable bonds is 6. The van der Waals surface area contributed by atoms with Gasteiger partial charge in [0.15, 0.2) is 0 Å². The third-order valence-electron chi connectivity index (χ3n) is 4.26. The molecule has 0 amide bonds. The zero-order valence-corrected chi connectivity index (χ0v) is 14.6. The van der Waals surface area contributed by atoms with Crippen LogP contribution in [0.5, 0.6) is 0 Å². The van der Waals surface area contributed by atoms with Crippen LogP contribution >= 0.6 is 0 Å². The summed E-state index contributed by atoms with van der Waals surface area (Å²) in [5.74, 6) is 0.114. The molecule has 0 bridgehead atoms. The molecule has 2 atom stereocenters. The number of halogens is 3. The molecule has 0 saturated carbocycles. The number of sulfonamides is 1. The van der Waals surface area contributed by atoms with E-state index in [1.165, 1.54) is 12.1 Å². The highest BCUT2D eigenvalue weighted by atomic mass is 32.2. The molecule has 136 valence electrons. The highest BCUT2D eigenvalue weighted by Crippen LogP contribution is 2.33. The summed E-state index contributed by atoms with van der Waals surface area (Å²) in [6.45, 7) is 3.19. The molecule has 24 heavy (non-hydrogen) atoms. The third-order valence-corrected chi connectivity index (χ3v) is 4.99. The molecule has 1 aromatic carbocycles. The second-order valence-corrected chi connectivity index (χ2v) is 8.17. The lowest BCUT2D eigenvalue weighted by Gasteiger charge is -2.19. The summed E-state index contributed by atoms with van der Waals surface area (Å²) >= 11 is 0. The van der Waals surface area contributed by atoms with E-state index in [-0.39, 0.29) is 24.1 Å². The van der Waals surface area contributed by atoms with E-state index in [9.17, 15) is 21.6 Å². The molecule has 0 aliphatic carbocycles. The van der Waals surface area contributed by atoms with Gasteiger partial charge in [-0.25, -0.2) is 13.1 Å². The number of alkyl halides is 3. The fourth-order valence-corrected chi connectivity index (χ4v) is 4.15. The zero-order chi connectivity index (χ0) is 18.0. The number of benzene rings is 1. The quantitative estimate of drug-likeness (QED) is 0.844. The van der Waals surface area contributed by atoms with Crippen molar-refractivity contribution in [3.63, 3.8) is 0 Å². The molecular weight excluding hydrogens is 341 g/mol. The first-order chi connectivity index (χ1) is 11.1. The van der Waals surface area contributed by atoms with Crippen LogP contribution in [-0.2, 0) is 22.7 Å². The second-order valence-electron chi connectivity index (χ2n) is 6.39. The molecule has 1 aromatic rings. The van der Waals surface area contributed by atoms with Gasteiger partial charge in [0.2, 0.25) is 10.0 Å². The van der Waals surface area contributed by atoms with Crippen molar-refractivity contribution in [1.29, 1.82) is 0 Å². The number of nitrogens with zero attached hydrogens (tertiary/aromatic N) is 1. The Labute approximate surface area is 141 Å². The van der Waals surface area contributed by atoms with Gasteiger partial charge in [-0.3, -0.25) is 4.90 Å². The predicted octanol–water partition coefficient (Wildman–Crippen LogP) is 2.86. The Balaban J connectivity index is 2.14. The van der Waals surface area contributed by atoms with Gasteiger partial charge in [-0.2, -0.15) is 13.2 Å². The van der Waals surface area contributed by atoms with Gasteiger partial charge in [0.25, 0.3) is 0 Å². The number of hydrogen-bond acceptors (Lipinski definition) is 3. The van der Waals surface area contributed by atoms with Gasteiger partial charge in [0, 0.05) is 25.7 Å². The van der Waals surface area contributed by atoms with E-state index in [1.807, 2.05) is 11.8 Å². The highest BCUT2D eigenvalue weighted by Gasteiger charge is 2.36. The van der Waals surface area contributed by atoms with E-state index < -0.39 is 21.8 Å². The molecule has 8 heteroatoms. The average Bonchev–Trinajstić information content (AvgIpc) is 2.78. The summed E-state index contributed by atoms with van der Waals surface area (Å²) in [4.78, 5) is 1.90. The van der Waals surface area contributed by atoms with E-state index in [1.54, 1.807) is 6.07 Å². The smallest absolute Gasteiger partial charge is 0.297 e. The Hall–Kier alpha value is -1.12. The van der Waals surface area contributed by atoms with Gasteiger partial charge < -0.3 is 0 Å². The van der Waals surface area contributed by atoms with Crippen molar-refractivity contribution >= 4 is 10.0 Å². The van der Waals surface area contributed by atoms with Gasteiger partial charge in [-0.1, -0.05) is 31.5 Å². The molecule has 2 rings (SSSR count). The van der Waals surface area contributed by atoms with Crippen molar-refractivity contribution in [2.24, 2.45) is 5.92 Å². The molecule has 1 heterocycles. The first kappa shape index (κ1) is 19.2. The zero-order valence-electron chi connectivity index (χ0n) is 13.8. The molecule has 1 aliphatic rings. The maximum absolute atomic E-state index is 13.1. The average molecular weight is 364 g/mol. The minimum Gasteiger partial charge on any atom is -0.297 e. The maximum Gasteiger partial charge on any atom is 0.416 e. The van der Waals surface area contributed by atoms with Crippen LogP contribution in [0.15, 0.2) is 24.3 Å². The first-order valence-electron chi connectivity index (χ1n) is 7.95. The van der Waals surface area contributed by atoms with Crippen molar-refractivity contribution in [3.05, 3.63) is 35.4 Å². The summed E-state index contributed by atoms with van der Waals surface area (Å²) in [7, 11) is -3.34. The SMILES string of the molecule is CCC[C@@H]1CN(Cc2ccccc2C(F)(F)F)C[C@H]1NS(C)(=O)=O. The minimum absolute atomic E-state index is 0.114. The summed E-state index contributed by atoms with van der Waals surface area (Å²) in [5.41, 5.74) is -0.406. The van der Waals surface area contributed by atoms with E-state index in [0.717, 1.165) is 25.2 Å². The van der Waals surface area contributed by atoms with Crippen LogP contribution in [0, 0.1) is 5.92 Å². The van der Waals surface area contributed by atoms with E-state index in [4.69, 9.17) is 0 Å². The molecule has 0 aromatic heterocycles. The van der Waals surface area contributed by atoms with Gasteiger partial charge in [0.05, 0.1) is 11.8 Å². The van der Waals surface area contributed by atoms with Gasteiger partial charge in [0.1, 0.15) is 0 Å². The van der Waals surface area contributed by atoms with Gasteiger partial charge >= 0.3 is 6.18 Å². The monoisotopic (exact) mass is 364 g/mol. The van der Waals surface area contributed by atoms with Crippen LogP contribution in [0.4, 0.5) is 13.2 Å². The number of nitrogens with one attached hydrogen (secondary N) is 1. The van der Waals surface area contributed by atoms with Crippen molar-refractivity contribution in [2.75, 3.05) is 19.3 Å². The van der Waals surface area contributed by atoms with Crippen LogP contribution in [-0.4, -0.2) is 38.7 Å². The Morgan fingerprint density at radius 3 is 2.50 bits per heavy atom. The second kappa shape index (κ2) is 7.41. The van der Waals surface area contributed by atoms with Crippen molar-refractivity contribution in [1.82, 2.24) is 9.62 Å². The number of likely N-dealkylation sites (tertiary alicyclic amines) is 1. The first-order valence-corrected chi connectivity index (χ1v) is 9.84. The standard InChI is InChI=1S/C16H23F3N2O2S/c1-3-6-13-10-21(11-15(13)20-24(2,22)23)9-12-7-4-5-8-14(12)16(17,18)19/h4-5,7-8,13,15,20H,3,6,9-11H2,1-2H3/t13-,15-/m1/s1. The third kappa shape index (κ3) is 5.19. The van der Waals surface area contributed by atoms with Crippen LogP contribution in [0.2, 0.25) is 0 Å². The topological polar surface area (TPSA) is 49.4 Å². The fourth-order valence-electron chi connectivity index (χ4n) is 3.34. The van der Waals surface area contributed by atoms with Crippen molar-refractivity contribution < 1.29 is 21.6 Å². The lowest BCUT2D eigenvalue weighted by Crippen LogP contribution is -2.39. The molecule has 0 spiro atoms. The Morgan fingerprint density at radius 1 is 1.25 bits per heavy atom. The van der Waals surface area contributed by atoms with Crippen molar-refractivity contribution in [2.45, 2.75) is 38.5 Å². The lowest BCUT2D eigenvalue weighted by atomic mass is 9.99. The minimum atomic E-state index is -4.39. The molecular formula is C16H23F3N2O2S. The van der Waals surface area contributed by atoms with Crippen molar-refractivity contribution in [3.8, 4) is 0 Å². The van der Waals surface area contributed by atoms with Crippen LogP contribution in [0.25, 0.3) is 0 Å².